The van der Waals surface area contributed by atoms with Crippen molar-refractivity contribution in [1.29, 1.82) is 0 Å². The van der Waals surface area contributed by atoms with Crippen LogP contribution in [0.2, 0.25) is 0 Å². The minimum absolute atomic E-state index is 0.308. The Bertz CT molecular complexity index is 613. The maximum atomic E-state index is 11.8. The highest BCUT2D eigenvalue weighted by molar-refractivity contribution is 7.95. The van der Waals surface area contributed by atoms with Gasteiger partial charge < -0.3 is 9.84 Å². The number of aliphatic hydroxyl groups is 1. The van der Waals surface area contributed by atoms with Crippen LogP contribution in [0.1, 0.15) is 11.1 Å². The lowest BCUT2D eigenvalue weighted by molar-refractivity contribution is -0.135. The van der Waals surface area contributed by atoms with Gasteiger partial charge in [-0.1, -0.05) is 24.3 Å². The van der Waals surface area contributed by atoms with Gasteiger partial charge >= 0.3 is 5.97 Å². The fraction of sp³-hybridized carbons (Fsp3) is 0.182. The van der Waals surface area contributed by atoms with Crippen LogP contribution in [0.3, 0.4) is 0 Å². The molecule has 1 aliphatic heterocycles. The van der Waals surface area contributed by atoms with Gasteiger partial charge in [-0.2, -0.15) is 0 Å². The number of carbonyl (C=O) groups excluding carboxylic acids is 1. The van der Waals surface area contributed by atoms with Gasteiger partial charge in [0.05, 0.1) is 12.9 Å². The number of sulfone groups is 1. The molecule has 90 valence electrons. The zero-order valence-electron chi connectivity index (χ0n) is 9.00. The second-order valence-electron chi connectivity index (χ2n) is 3.59. The van der Waals surface area contributed by atoms with E-state index in [1.165, 1.54) is 0 Å². The predicted molar refractivity (Wildman–Crippen MR) is 60.6 cm³/mol. The molecule has 1 aromatic carbocycles. The van der Waals surface area contributed by atoms with Crippen molar-refractivity contribution in [2.24, 2.45) is 0 Å². The van der Waals surface area contributed by atoms with Crippen LogP contribution in [0.4, 0.5) is 0 Å². The number of rotatable bonds is 1. The number of hydrogen-bond acceptors (Lipinski definition) is 5. The summed E-state index contributed by atoms with van der Waals surface area (Å²) in [4.78, 5) is 10.7. The highest BCUT2D eigenvalue weighted by Crippen LogP contribution is 2.32. The van der Waals surface area contributed by atoms with Crippen molar-refractivity contribution < 1.29 is 23.1 Å². The molecule has 1 aromatic rings. The monoisotopic (exact) mass is 254 g/mol. The lowest BCUT2D eigenvalue weighted by atomic mass is 10.1. The largest absolute Gasteiger partial charge is 0.506 e. The quantitative estimate of drug-likeness (QED) is 0.756. The highest BCUT2D eigenvalue weighted by atomic mass is 32.2. The van der Waals surface area contributed by atoms with Gasteiger partial charge in [-0.05, 0) is 5.56 Å². The third-order valence-electron chi connectivity index (χ3n) is 2.51. The van der Waals surface area contributed by atoms with Crippen molar-refractivity contribution in [1.82, 2.24) is 0 Å². The molecule has 0 aromatic heterocycles. The Morgan fingerprint density at radius 2 is 2.00 bits per heavy atom. The molecule has 0 saturated carbocycles. The molecule has 17 heavy (non-hydrogen) atoms. The smallest absolute Gasteiger partial charge is 0.353 e. The minimum atomic E-state index is -3.84. The average molecular weight is 254 g/mol. The van der Waals surface area contributed by atoms with E-state index in [9.17, 15) is 18.3 Å². The Kier molecular flexibility index (Phi) is 2.66. The summed E-state index contributed by atoms with van der Waals surface area (Å²) in [6.07, 6.45) is 0. The van der Waals surface area contributed by atoms with E-state index < -0.39 is 26.5 Å². The zero-order valence-corrected chi connectivity index (χ0v) is 9.82. The number of aliphatic hydroxyl groups excluding tert-OH is 1. The van der Waals surface area contributed by atoms with Crippen LogP contribution in [-0.4, -0.2) is 26.6 Å². The van der Waals surface area contributed by atoms with Gasteiger partial charge in [0.2, 0.25) is 0 Å². The number of methoxy groups -OCH3 is 1. The molecular formula is C11H10O5S. The number of carbonyl (C=O) groups is 1. The van der Waals surface area contributed by atoms with Crippen LogP contribution < -0.4 is 0 Å². The van der Waals surface area contributed by atoms with E-state index in [1.807, 2.05) is 0 Å². The van der Waals surface area contributed by atoms with E-state index in [-0.39, 0.29) is 5.75 Å². The van der Waals surface area contributed by atoms with Crippen LogP contribution in [0.25, 0.3) is 5.76 Å². The van der Waals surface area contributed by atoms with E-state index in [1.54, 1.807) is 24.3 Å². The molecule has 2 rings (SSSR count). The summed E-state index contributed by atoms with van der Waals surface area (Å²) in [7, 11) is -2.77. The number of ether oxygens (including phenoxy) is 1. The Labute approximate surface area is 98.3 Å². The fourth-order valence-corrected chi connectivity index (χ4v) is 3.29. The summed E-state index contributed by atoms with van der Waals surface area (Å²) in [5, 5.41) is 9.86. The third-order valence-corrected chi connectivity index (χ3v) is 4.19. The standard InChI is InChI=1S/C11H10O5S/c1-16-11(13)10-9(12)8-5-3-2-4-7(8)6-17(10,14)15/h2-5,12H,6H2,1H3. The number of esters is 1. The van der Waals surface area contributed by atoms with Gasteiger partial charge in [0.1, 0.15) is 5.76 Å². The van der Waals surface area contributed by atoms with Crippen LogP contribution >= 0.6 is 0 Å². The molecule has 1 heterocycles. The first-order valence-corrected chi connectivity index (χ1v) is 6.45. The topological polar surface area (TPSA) is 80.7 Å². The Hall–Kier alpha value is -1.82. The summed E-state index contributed by atoms with van der Waals surface area (Å²) in [5.41, 5.74) is 0.820. The maximum Gasteiger partial charge on any atom is 0.353 e. The van der Waals surface area contributed by atoms with E-state index in [2.05, 4.69) is 4.74 Å². The second kappa shape index (κ2) is 3.89. The Morgan fingerprint density at radius 1 is 1.35 bits per heavy atom. The van der Waals surface area contributed by atoms with E-state index >= 15 is 0 Å². The van der Waals surface area contributed by atoms with Crippen LogP contribution in [0.15, 0.2) is 29.2 Å². The molecule has 0 fully saturated rings. The molecule has 0 aliphatic carbocycles. The van der Waals surface area contributed by atoms with Crippen LogP contribution in [0, 0.1) is 0 Å². The van der Waals surface area contributed by atoms with Crippen molar-refractivity contribution in [3.05, 3.63) is 40.3 Å². The third kappa shape index (κ3) is 1.80. The average Bonchev–Trinajstić information content (AvgIpc) is 2.27. The molecule has 0 radical (unpaired) electrons. The van der Waals surface area contributed by atoms with Gasteiger partial charge in [-0.3, -0.25) is 0 Å². The molecule has 0 bridgehead atoms. The van der Waals surface area contributed by atoms with Gasteiger partial charge in [-0.25, -0.2) is 13.2 Å². The van der Waals surface area contributed by atoms with Crippen molar-refractivity contribution in [2.45, 2.75) is 5.75 Å². The van der Waals surface area contributed by atoms with Crippen LogP contribution in [-0.2, 0) is 25.1 Å². The van der Waals surface area contributed by atoms with Crippen molar-refractivity contribution in [3.63, 3.8) is 0 Å². The summed E-state index contributed by atoms with van der Waals surface area (Å²) in [5.74, 6) is -1.90. The minimum Gasteiger partial charge on any atom is -0.506 e. The van der Waals surface area contributed by atoms with E-state index in [0.29, 0.717) is 11.1 Å². The first kappa shape index (κ1) is 11.7. The summed E-state index contributed by atoms with van der Waals surface area (Å²) >= 11 is 0. The second-order valence-corrected chi connectivity index (χ2v) is 5.51. The molecule has 5 nitrogen and oxygen atoms in total. The summed E-state index contributed by atoms with van der Waals surface area (Å²) in [6, 6.07) is 6.48. The molecule has 6 heteroatoms. The van der Waals surface area contributed by atoms with Crippen molar-refractivity contribution in [3.8, 4) is 0 Å². The van der Waals surface area contributed by atoms with Crippen molar-refractivity contribution >= 4 is 21.6 Å². The normalized spacial score (nSPS) is 17.5. The van der Waals surface area contributed by atoms with E-state index in [0.717, 1.165) is 7.11 Å². The van der Waals surface area contributed by atoms with Crippen LogP contribution in [0.5, 0.6) is 0 Å². The van der Waals surface area contributed by atoms with Crippen molar-refractivity contribution in [2.75, 3.05) is 7.11 Å². The van der Waals surface area contributed by atoms with Gasteiger partial charge in [-0.15, -0.1) is 0 Å². The number of benzene rings is 1. The van der Waals surface area contributed by atoms with Gasteiger partial charge in [0, 0.05) is 5.56 Å². The summed E-state index contributed by atoms with van der Waals surface area (Å²) in [6.45, 7) is 0. The molecule has 0 spiro atoms. The molecule has 0 amide bonds. The van der Waals surface area contributed by atoms with Gasteiger partial charge in [0.15, 0.2) is 14.7 Å². The Balaban J connectivity index is 2.74. The maximum absolute atomic E-state index is 11.8. The zero-order chi connectivity index (χ0) is 12.6. The highest BCUT2D eigenvalue weighted by Gasteiger charge is 2.36. The number of fused-ring (bicyclic) bond motifs is 1. The molecule has 1 N–H and O–H groups in total. The molecule has 1 aliphatic rings. The molecular weight excluding hydrogens is 244 g/mol. The molecule has 0 unspecified atom stereocenters. The Morgan fingerprint density at radius 3 is 2.65 bits per heavy atom. The summed E-state index contributed by atoms with van der Waals surface area (Å²) < 4.78 is 28.0. The lowest BCUT2D eigenvalue weighted by Crippen LogP contribution is -2.23. The first-order valence-electron chi connectivity index (χ1n) is 4.80. The van der Waals surface area contributed by atoms with E-state index in [4.69, 9.17) is 0 Å². The molecule has 0 atom stereocenters. The molecule has 0 saturated heterocycles. The number of hydrogen-bond donors (Lipinski definition) is 1. The van der Waals surface area contributed by atoms with Gasteiger partial charge in [0.25, 0.3) is 0 Å². The fourth-order valence-electron chi connectivity index (χ4n) is 1.74. The SMILES string of the molecule is COC(=O)C1=C(O)c2ccccc2CS1(=O)=O. The lowest BCUT2D eigenvalue weighted by Gasteiger charge is -2.18. The predicted octanol–water partition coefficient (Wildman–Crippen LogP) is 1.01. The first-order chi connectivity index (χ1) is 7.97.